The number of hydrogen-bond donors (Lipinski definition) is 14. The van der Waals surface area contributed by atoms with E-state index in [4.69, 9.17) is 47.0 Å². The second kappa shape index (κ2) is 14.1. The number of carbonyl (C=O) groups excluding carboxylic acids is 1. The third-order valence-corrected chi connectivity index (χ3v) is 8.61. The van der Waals surface area contributed by atoms with Crippen LogP contribution in [0, 0.1) is 0 Å². The van der Waals surface area contributed by atoms with Crippen LogP contribution in [0.5, 0.6) is 0 Å². The molecule has 2 aliphatic heterocycles. The van der Waals surface area contributed by atoms with Crippen LogP contribution in [0.3, 0.4) is 0 Å². The molecule has 0 aromatic rings. The molecule has 4 rings (SSSR count). The fourth-order valence-electron chi connectivity index (χ4n) is 5.67. The maximum Gasteiger partial charge on any atom is 0.253 e. The Bertz CT molecular complexity index is 942. The van der Waals surface area contributed by atoms with Crippen molar-refractivity contribution < 1.29 is 64.6 Å². The van der Waals surface area contributed by atoms with Crippen LogP contribution in [0.15, 0.2) is 0 Å². The Labute approximate surface area is 247 Å². The van der Waals surface area contributed by atoms with Crippen molar-refractivity contribution in [3.8, 4) is 0 Å². The van der Waals surface area contributed by atoms with Crippen LogP contribution < -0.4 is 33.6 Å². The van der Waals surface area contributed by atoms with Crippen LogP contribution in [0.25, 0.3) is 0 Å². The van der Waals surface area contributed by atoms with Gasteiger partial charge in [-0.2, -0.15) is 0 Å². The average molecular weight is 627 g/mol. The van der Waals surface area contributed by atoms with Crippen LogP contribution in [0.2, 0.25) is 0 Å². The fraction of sp³-hybridized carbons (Fsp3) is 0.958. The van der Waals surface area contributed by atoms with Crippen molar-refractivity contribution in [1.29, 1.82) is 0 Å². The zero-order valence-electron chi connectivity index (χ0n) is 23.4. The molecule has 2 aliphatic carbocycles. The minimum Gasteiger partial charge on any atom is -0.395 e. The van der Waals surface area contributed by atoms with E-state index in [0.29, 0.717) is 0 Å². The molecule has 0 radical (unpaired) electrons. The second-order valence-corrected chi connectivity index (χ2v) is 11.7. The molecule has 0 aromatic heterocycles. The number of nitrogens with two attached hydrogens (primary N) is 4. The van der Waals surface area contributed by atoms with Gasteiger partial charge in [0.05, 0.1) is 31.3 Å². The molecular formula is C24H46N6O13. The highest BCUT2D eigenvalue weighted by Crippen LogP contribution is 2.36. The quantitative estimate of drug-likeness (QED) is 0.0946. The second-order valence-electron chi connectivity index (χ2n) is 11.7. The summed E-state index contributed by atoms with van der Waals surface area (Å²) in [6.07, 6.45) is -15.7. The zero-order chi connectivity index (χ0) is 31.8. The van der Waals surface area contributed by atoms with Crippen LogP contribution in [0.4, 0.5) is 0 Å². The molecule has 19 nitrogen and oxygen atoms in total. The molecule has 18 N–H and O–H groups in total. The lowest BCUT2D eigenvalue weighted by molar-refractivity contribution is -0.320. The van der Waals surface area contributed by atoms with Gasteiger partial charge in [0.15, 0.2) is 18.2 Å². The number of aliphatic hydroxyl groups excluding tert-OH is 7. The minimum absolute atomic E-state index is 0.00616. The molecule has 19 heteroatoms. The van der Waals surface area contributed by atoms with Crippen molar-refractivity contribution in [3.63, 3.8) is 0 Å². The Morgan fingerprint density at radius 1 is 0.837 bits per heavy atom. The van der Waals surface area contributed by atoms with Crippen molar-refractivity contribution in [1.82, 2.24) is 10.6 Å². The van der Waals surface area contributed by atoms with Gasteiger partial charge < -0.3 is 93.4 Å². The zero-order valence-corrected chi connectivity index (χ0v) is 23.4. The highest BCUT2D eigenvalue weighted by Gasteiger charge is 2.59. The van der Waals surface area contributed by atoms with E-state index >= 15 is 0 Å². The maximum absolute atomic E-state index is 12.8. The lowest BCUT2D eigenvalue weighted by Crippen LogP contribution is -2.70. The normalized spacial score (nSPS) is 50.3. The van der Waals surface area contributed by atoms with E-state index in [2.05, 4.69) is 10.6 Å². The van der Waals surface area contributed by atoms with Crippen LogP contribution in [-0.4, -0.2) is 176 Å². The predicted octanol–water partition coefficient (Wildman–Crippen LogP) is -9.08. The van der Waals surface area contributed by atoms with Crippen LogP contribution in [0.1, 0.15) is 12.8 Å². The molecule has 3 unspecified atom stereocenters. The molecule has 0 bridgehead atoms. The van der Waals surface area contributed by atoms with E-state index in [1.165, 1.54) is 0 Å². The van der Waals surface area contributed by atoms with Crippen LogP contribution >= 0.6 is 0 Å². The summed E-state index contributed by atoms with van der Waals surface area (Å²) in [5.74, 6) is -0.837. The van der Waals surface area contributed by atoms with Crippen molar-refractivity contribution in [2.24, 2.45) is 22.9 Å². The van der Waals surface area contributed by atoms with Gasteiger partial charge in [0, 0.05) is 31.6 Å². The van der Waals surface area contributed by atoms with Gasteiger partial charge in [-0.1, -0.05) is 0 Å². The average Bonchev–Trinajstić information content (AvgIpc) is 3.60. The molecule has 4 fully saturated rings. The monoisotopic (exact) mass is 626 g/mol. The molecule has 250 valence electrons. The number of amides is 1. The lowest BCUT2D eigenvalue weighted by Gasteiger charge is -2.49. The van der Waals surface area contributed by atoms with E-state index in [0.717, 1.165) is 0 Å². The van der Waals surface area contributed by atoms with E-state index in [9.17, 15) is 40.5 Å². The highest BCUT2D eigenvalue weighted by molar-refractivity contribution is 5.89. The molecule has 17 atom stereocenters. The van der Waals surface area contributed by atoms with E-state index in [-0.39, 0.29) is 32.5 Å². The van der Waals surface area contributed by atoms with E-state index in [1.807, 2.05) is 0 Å². The Morgan fingerprint density at radius 3 is 2.07 bits per heavy atom. The summed E-state index contributed by atoms with van der Waals surface area (Å²) >= 11 is 0. The summed E-state index contributed by atoms with van der Waals surface area (Å²) in [6, 6.07) is -5.49. The van der Waals surface area contributed by atoms with Gasteiger partial charge in [-0.25, -0.2) is 0 Å². The first-order valence-corrected chi connectivity index (χ1v) is 14.2. The SMILES string of the molecule is NC1CC1(O)C(=O)N[C@@H]1C[C@H](N)C(O[C@H]2O[C@H](CNCCO)[C@@H](O)[C@H](O)[C@H]2N)[C@H](O)[C@H]1O[C@H]1O[C@H](CO)[C@@H](O)[C@H](N)[C@H]1O. The Morgan fingerprint density at radius 2 is 1.47 bits per heavy atom. The van der Waals surface area contributed by atoms with Gasteiger partial charge in [-0.05, 0) is 6.42 Å². The Kier molecular flexibility index (Phi) is 11.3. The first-order valence-electron chi connectivity index (χ1n) is 14.2. The predicted molar refractivity (Wildman–Crippen MR) is 142 cm³/mol. The van der Waals surface area contributed by atoms with Crippen LogP contribution in [-0.2, 0) is 23.7 Å². The highest BCUT2D eigenvalue weighted by atomic mass is 16.7. The summed E-state index contributed by atoms with van der Waals surface area (Å²) in [7, 11) is 0. The number of aliphatic hydroxyl groups is 8. The number of carbonyl (C=O) groups is 1. The summed E-state index contributed by atoms with van der Waals surface area (Å²) in [5.41, 5.74) is 22.2. The Balaban J connectivity index is 1.54. The first-order chi connectivity index (χ1) is 20.2. The van der Waals surface area contributed by atoms with Gasteiger partial charge in [-0.3, -0.25) is 4.79 Å². The smallest absolute Gasteiger partial charge is 0.253 e. The molecule has 2 saturated carbocycles. The molecular weight excluding hydrogens is 580 g/mol. The topological polar surface area (TPSA) is 344 Å². The minimum atomic E-state index is -1.83. The molecule has 43 heavy (non-hydrogen) atoms. The molecule has 2 heterocycles. The number of hydrogen-bond acceptors (Lipinski definition) is 18. The third-order valence-electron chi connectivity index (χ3n) is 8.61. The van der Waals surface area contributed by atoms with Crippen molar-refractivity contribution in [3.05, 3.63) is 0 Å². The van der Waals surface area contributed by atoms with Gasteiger partial charge >= 0.3 is 0 Å². The van der Waals surface area contributed by atoms with Gasteiger partial charge in [-0.15, -0.1) is 0 Å². The lowest BCUT2D eigenvalue weighted by atomic mass is 9.83. The summed E-state index contributed by atoms with van der Waals surface area (Å²) in [4.78, 5) is 12.8. The third kappa shape index (κ3) is 7.13. The molecule has 4 aliphatic rings. The van der Waals surface area contributed by atoms with Gasteiger partial charge in [0.2, 0.25) is 0 Å². The van der Waals surface area contributed by atoms with Gasteiger partial charge in [0.1, 0.15) is 54.9 Å². The summed E-state index contributed by atoms with van der Waals surface area (Å²) < 4.78 is 23.2. The van der Waals surface area contributed by atoms with Gasteiger partial charge in [0.25, 0.3) is 5.91 Å². The maximum atomic E-state index is 12.8. The summed E-state index contributed by atoms with van der Waals surface area (Å²) in [6.45, 7) is -0.648. The first kappa shape index (κ1) is 34.7. The van der Waals surface area contributed by atoms with Crippen molar-refractivity contribution >= 4 is 5.91 Å². The number of rotatable bonds is 11. The van der Waals surface area contributed by atoms with E-state index < -0.39 is 116 Å². The molecule has 1 amide bonds. The van der Waals surface area contributed by atoms with E-state index in [1.54, 1.807) is 0 Å². The standard InChI is InChI=1S/C24H46N6O13/c25-7-3-8(30-23(38)24(39)4-11(24)26)20(43-22-17(36)12(27)14(33)10(6-32)41-22)18(37)19(7)42-21-13(28)16(35)15(34)9(40-21)5-29-1-2-31/h7-22,29,31-37,39H,1-6,25-28H2,(H,30,38)/t7-,8+,9+,10+,11?,12-,13+,14+,15+,16+,17+,18-,19?,20-,21+,22+,24?/m0/s1. The molecule has 0 aromatic carbocycles. The number of nitrogens with one attached hydrogen (secondary N) is 2. The fourth-order valence-corrected chi connectivity index (χ4v) is 5.67. The van der Waals surface area contributed by atoms with Crippen molar-refractivity contribution in [2.45, 2.75) is 116 Å². The molecule has 2 saturated heterocycles. The van der Waals surface area contributed by atoms with Crippen molar-refractivity contribution in [2.75, 3.05) is 26.3 Å². The molecule has 0 spiro atoms. The Hall–Kier alpha value is -1.21. The number of ether oxygens (including phenoxy) is 4. The largest absolute Gasteiger partial charge is 0.395 e. The summed E-state index contributed by atoms with van der Waals surface area (Å²) in [5, 5.41) is 87.8.